The minimum atomic E-state index is -3.90. The third kappa shape index (κ3) is 5.44. The van der Waals surface area contributed by atoms with Gasteiger partial charge in [-0.05, 0) is 55.7 Å². The molecule has 186 valence electrons. The zero-order valence-electron chi connectivity index (χ0n) is 20.4. The predicted molar refractivity (Wildman–Crippen MR) is 136 cm³/mol. The number of benzene rings is 2. The van der Waals surface area contributed by atoms with Crippen molar-refractivity contribution in [1.82, 2.24) is 19.3 Å². The fourth-order valence-corrected chi connectivity index (χ4v) is 5.82. The zero-order valence-corrected chi connectivity index (χ0v) is 22.0. The van der Waals surface area contributed by atoms with Crippen LogP contribution in [0.15, 0.2) is 56.8 Å². The summed E-state index contributed by atoms with van der Waals surface area (Å²) in [6.07, 6.45) is 3.79. The molecule has 0 atom stereocenters. The van der Waals surface area contributed by atoms with Crippen molar-refractivity contribution in [2.75, 3.05) is 26.4 Å². The van der Waals surface area contributed by atoms with E-state index < -0.39 is 10.0 Å². The van der Waals surface area contributed by atoms with Gasteiger partial charge in [0, 0.05) is 30.6 Å². The van der Waals surface area contributed by atoms with Gasteiger partial charge in [0.25, 0.3) is 5.91 Å². The smallest absolute Gasteiger partial charge is 0.255 e. The van der Waals surface area contributed by atoms with E-state index in [-0.39, 0.29) is 23.2 Å². The van der Waals surface area contributed by atoms with E-state index in [0.29, 0.717) is 30.4 Å². The molecule has 0 N–H and O–H groups in total. The van der Waals surface area contributed by atoms with Crippen LogP contribution in [0.4, 0.5) is 0 Å². The van der Waals surface area contributed by atoms with E-state index in [1.807, 2.05) is 42.3 Å². The molecule has 1 saturated heterocycles. The number of carbonyl (C=O) groups is 1. The van der Waals surface area contributed by atoms with Gasteiger partial charge in [-0.3, -0.25) is 4.79 Å². The lowest BCUT2D eigenvalue weighted by Gasteiger charge is -2.31. The molecule has 0 unspecified atom stereocenters. The number of hydrogen-bond donors (Lipinski definition) is 0. The van der Waals surface area contributed by atoms with Crippen molar-refractivity contribution >= 4 is 27.7 Å². The first-order valence-corrected chi connectivity index (χ1v) is 14.2. The summed E-state index contributed by atoms with van der Waals surface area (Å²) in [5.74, 6) is 1.07. The maximum Gasteiger partial charge on any atom is 0.255 e. The number of likely N-dealkylation sites (tertiary alicyclic amines) is 1. The fourth-order valence-electron chi connectivity index (χ4n) is 4.10. The predicted octanol–water partition coefficient (Wildman–Crippen LogP) is 4.46. The van der Waals surface area contributed by atoms with Crippen LogP contribution in [0, 0.1) is 12.8 Å². The van der Waals surface area contributed by atoms with Crippen LogP contribution in [0.25, 0.3) is 11.4 Å². The topological polar surface area (TPSA) is 96.6 Å². The number of aromatic nitrogens is 2. The zero-order chi connectivity index (χ0) is 25.2. The second kappa shape index (κ2) is 10.5. The number of amides is 1. The standard InChI is InChI=1S/C25H30N4O4S2/c1-17-11-13-29(14-12-17)25(30)21-15-19(9-10-22(21)34-4)35(31,32)28(3)16-23-26-24(27-33-23)20-8-6-5-7-18(20)2/h5-10,15,17H,11-14,16H2,1-4H3. The third-order valence-electron chi connectivity index (χ3n) is 6.39. The molecule has 0 radical (unpaired) electrons. The van der Waals surface area contributed by atoms with E-state index in [9.17, 15) is 13.2 Å². The van der Waals surface area contributed by atoms with Crippen LogP contribution >= 0.6 is 11.8 Å². The molecular formula is C25H30N4O4S2. The fraction of sp³-hybridized carbons (Fsp3) is 0.400. The number of thioether (sulfide) groups is 1. The average molecular weight is 515 g/mol. The molecule has 1 aliphatic rings. The second-order valence-electron chi connectivity index (χ2n) is 8.92. The molecule has 0 aliphatic carbocycles. The lowest BCUT2D eigenvalue weighted by molar-refractivity contribution is 0.0693. The molecular weight excluding hydrogens is 484 g/mol. The van der Waals surface area contributed by atoms with Crippen LogP contribution < -0.4 is 0 Å². The van der Waals surface area contributed by atoms with Gasteiger partial charge in [-0.15, -0.1) is 11.8 Å². The summed E-state index contributed by atoms with van der Waals surface area (Å²) in [4.78, 5) is 20.3. The van der Waals surface area contributed by atoms with E-state index in [2.05, 4.69) is 17.1 Å². The van der Waals surface area contributed by atoms with Crippen molar-refractivity contribution in [3.63, 3.8) is 0 Å². The van der Waals surface area contributed by atoms with Crippen molar-refractivity contribution in [3.05, 3.63) is 59.5 Å². The molecule has 8 nitrogen and oxygen atoms in total. The van der Waals surface area contributed by atoms with Crippen molar-refractivity contribution in [1.29, 1.82) is 0 Å². The van der Waals surface area contributed by atoms with E-state index >= 15 is 0 Å². The van der Waals surface area contributed by atoms with Gasteiger partial charge in [0.2, 0.25) is 21.7 Å². The summed E-state index contributed by atoms with van der Waals surface area (Å²) < 4.78 is 33.2. The molecule has 2 aromatic carbocycles. The number of carbonyl (C=O) groups excluding carboxylic acids is 1. The van der Waals surface area contributed by atoms with Gasteiger partial charge >= 0.3 is 0 Å². The Morgan fingerprint density at radius 1 is 1.20 bits per heavy atom. The van der Waals surface area contributed by atoms with Gasteiger partial charge < -0.3 is 9.42 Å². The first-order valence-electron chi connectivity index (χ1n) is 11.5. The molecule has 35 heavy (non-hydrogen) atoms. The van der Waals surface area contributed by atoms with Gasteiger partial charge in [-0.25, -0.2) is 8.42 Å². The van der Waals surface area contributed by atoms with Gasteiger partial charge in [0.1, 0.15) is 0 Å². The van der Waals surface area contributed by atoms with Crippen LogP contribution in [-0.2, 0) is 16.6 Å². The quantitative estimate of drug-likeness (QED) is 0.430. The molecule has 1 aromatic heterocycles. The van der Waals surface area contributed by atoms with Crippen molar-refractivity contribution in [3.8, 4) is 11.4 Å². The van der Waals surface area contributed by atoms with Crippen LogP contribution in [0.5, 0.6) is 0 Å². The van der Waals surface area contributed by atoms with Crippen molar-refractivity contribution in [2.45, 2.75) is 43.0 Å². The molecule has 0 spiro atoms. The number of sulfonamides is 1. The molecule has 10 heteroatoms. The number of rotatable bonds is 7. The SMILES string of the molecule is CSc1ccc(S(=O)(=O)N(C)Cc2nc(-c3ccccc3C)no2)cc1C(=O)N1CCC(C)CC1. The van der Waals surface area contributed by atoms with Crippen molar-refractivity contribution < 1.29 is 17.7 Å². The summed E-state index contributed by atoms with van der Waals surface area (Å²) in [5.41, 5.74) is 2.24. The minimum Gasteiger partial charge on any atom is -0.339 e. The Morgan fingerprint density at radius 3 is 2.60 bits per heavy atom. The molecule has 2 heterocycles. The highest BCUT2D eigenvalue weighted by Crippen LogP contribution is 2.28. The Morgan fingerprint density at radius 2 is 1.91 bits per heavy atom. The number of aryl methyl sites for hydroxylation is 1. The monoisotopic (exact) mass is 514 g/mol. The van der Waals surface area contributed by atoms with Crippen molar-refractivity contribution in [2.24, 2.45) is 5.92 Å². The highest BCUT2D eigenvalue weighted by molar-refractivity contribution is 7.98. The summed E-state index contributed by atoms with van der Waals surface area (Å²) in [6.45, 7) is 5.42. The number of nitrogens with zero attached hydrogens (tertiary/aromatic N) is 4. The lowest BCUT2D eigenvalue weighted by Crippen LogP contribution is -2.38. The highest BCUT2D eigenvalue weighted by Gasteiger charge is 2.28. The van der Waals surface area contributed by atoms with E-state index in [4.69, 9.17) is 4.52 Å². The van der Waals surface area contributed by atoms with Crippen LogP contribution in [0.1, 0.15) is 41.6 Å². The molecule has 0 saturated carbocycles. The normalized spacial score (nSPS) is 15.1. The van der Waals surface area contributed by atoms with Gasteiger partial charge in [0.15, 0.2) is 0 Å². The first kappa shape index (κ1) is 25.4. The van der Waals surface area contributed by atoms with E-state index in [1.54, 1.807) is 12.1 Å². The highest BCUT2D eigenvalue weighted by atomic mass is 32.2. The largest absolute Gasteiger partial charge is 0.339 e. The Kier molecular flexibility index (Phi) is 7.63. The van der Waals surface area contributed by atoms with E-state index in [0.717, 1.165) is 33.2 Å². The Balaban J connectivity index is 1.56. The third-order valence-corrected chi connectivity index (χ3v) is 8.99. The summed E-state index contributed by atoms with van der Waals surface area (Å²) in [5, 5.41) is 4.01. The lowest BCUT2D eigenvalue weighted by atomic mass is 9.98. The molecule has 1 amide bonds. The van der Waals surface area contributed by atoms with Crippen LogP contribution in [0.2, 0.25) is 0 Å². The average Bonchev–Trinajstić information content (AvgIpc) is 3.32. The summed E-state index contributed by atoms with van der Waals surface area (Å²) in [7, 11) is -2.43. The summed E-state index contributed by atoms with van der Waals surface area (Å²) in [6, 6.07) is 12.4. The van der Waals surface area contributed by atoms with E-state index in [1.165, 1.54) is 24.9 Å². The Labute approximate surface area is 210 Å². The molecule has 4 rings (SSSR count). The van der Waals surface area contributed by atoms with Gasteiger partial charge in [0.05, 0.1) is 17.0 Å². The minimum absolute atomic E-state index is 0.0603. The summed E-state index contributed by atoms with van der Waals surface area (Å²) >= 11 is 1.43. The maximum absolute atomic E-state index is 13.4. The van der Waals surface area contributed by atoms with Crippen LogP contribution in [0.3, 0.4) is 0 Å². The van der Waals surface area contributed by atoms with Gasteiger partial charge in [-0.1, -0.05) is 36.3 Å². The molecule has 1 fully saturated rings. The Bertz CT molecular complexity index is 1310. The first-order chi connectivity index (χ1) is 16.7. The number of piperidine rings is 1. The molecule has 0 bridgehead atoms. The molecule has 1 aliphatic heterocycles. The Hall–Kier alpha value is -2.69. The number of hydrogen-bond acceptors (Lipinski definition) is 7. The van der Waals surface area contributed by atoms with Crippen LogP contribution in [-0.4, -0.2) is 60.1 Å². The maximum atomic E-state index is 13.4. The second-order valence-corrected chi connectivity index (χ2v) is 11.8. The van der Waals surface area contributed by atoms with Gasteiger partial charge in [-0.2, -0.15) is 9.29 Å². The molecule has 3 aromatic rings.